The molecule has 0 radical (unpaired) electrons. The first kappa shape index (κ1) is 22.8. The van der Waals surface area contributed by atoms with Gasteiger partial charge in [0.15, 0.2) is 0 Å². The third-order valence-electron chi connectivity index (χ3n) is 3.87. The van der Waals surface area contributed by atoms with Crippen LogP contribution in [0.1, 0.15) is 50.4 Å². The second kappa shape index (κ2) is 9.13. The van der Waals surface area contributed by atoms with Crippen LogP contribution in [0.15, 0.2) is 29.2 Å². The molecule has 3 N–H and O–H groups in total. The summed E-state index contributed by atoms with van der Waals surface area (Å²) in [5.41, 5.74) is 0.365. The Morgan fingerprint density at radius 2 is 1.77 bits per heavy atom. The molecule has 7 nitrogen and oxygen atoms in total. The van der Waals surface area contributed by atoms with E-state index in [1.807, 2.05) is 20.8 Å². The van der Waals surface area contributed by atoms with Crippen LogP contribution in [-0.4, -0.2) is 32.6 Å². The molecule has 26 heavy (non-hydrogen) atoms. The minimum Gasteiger partial charge on any atom is -0.352 e. The number of carbonyl (C=O) groups excluding carboxylic acids is 1. The molecule has 0 fully saturated rings. The second-order valence-electron chi connectivity index (χ2n) is 7.06. The number of hydrogen-bond acceptors (Lipinski definition) is 5. The monoisotopic (exact) mass is 403 g/mol. The van der Waals surface area contributed by atoms with E-state index in [1.54, 1.807) is 0 Å². The zero-order valence-electron chi connectivity index (χ0n) is 15.5. The summed E-state index contributed by atoms with van der Waals surface area (Å²) in [6.07, 6.45) is 2.30. The minimum atomic E-state index is -3.76. The fourth-order valence-electron chi connectivity index (χ4n) is 1.91. The van der Waals surface area contributed by atoms with Gasteiger partial charge in [-0.2, -0.15) is 0 Å². The van der Waals surface area contributed by atoms with E-state index in [0.717, 1.165) is 19.3 Å². The lowest BCUT2D eigenvalue weighted by molar-refractivity contribution is 0.0952. The molecule has 148 valence electrons. The summed E-state index contributed by atoms with van der Waals surface area (Å²) < 4.78 is 40.0. The van der Waals surface area contributed by atoms with E-state index in [9.17, 15) is 17.8 Å². The van der Waals surface area contributed by atoms with Gasteiger partial charge in [-0.25, -0.2) is 13.6 Å². The van der Waals surface area contributed by atoms with Gasteiger partial charge in [0.2, 0.25) is 10.0 Å². The molecule has 0 saturated heterocycles. The normalized spacial score (nSPS) is 14.7. The molecule has 0 aliphatic rings. The summed E-state index contributed by atoms with van der Waals surface area (Å²) in [6.45, 7) is 10.1. The van der Waals surface area contributed by atoms with Crippen molar-refractivity contribution in [1.29, 1.82) is 0 Å². The van der Waals surface area contributed by atoms with E-state index >= 15 is 0 Å². The highest BCUT2D eigenvalue weighted by Crippen LogP contribution is 2.57. The molecule has 9 heteroatoms. The van der Waals surface area contributed by atoms with Crippen molar-refractivity contribution < 1.29 is 22.3 Å². The Morgan fingerprint density at radius 3 is 2.27 bits per heavy atom. The van der Waals surface area contributed by atoms with Gasteiger partial charge in [-0.3, -0.25) is 11.5 Å². The van der Waals surface area contributed by atoms with E-state index in [2.05, 4.69) is 12.0 Å². The zero-order chi connectivity index (χ0) is 20.0. The lowest BCUT2D eigenvalue weighted by Crippen LogP contribution is -2.24. The van der Waals surface area contributed by atoms with Crippen molar-refractivity contribution in [3.63, 3.8) is 0 Å². The molecule has 0 saturated carbocycles. The van der Waals surface area contributed by atoms with Crippen molar-refractivity contribution in [1.82, 2.24) is 5.32 Å². The SMILES string of the molecule is [CH2-]P(=O)(OCCCCCNC(=O)c1ccc(S(N)(=O)=O)cc1)C(C)(C)C. The maximum Gasteiger partial charge on any atom is 0.251 e. The van der Waals surface area contributed by atoms with E-state index < -0.39 is 22.5 Å². The molecule has 1 unspecified atom stereocenters. The van der Waals surface area contributed by atoms with Crippen LogP contribution < -0.4 is 10.5 Å². The summed E-state index contributed by atoms with van der Waals surface area (Å²) in [4.78, 5) is 11.9. The van der Waals surface area contributed by atoms with Crippen molar-refractivity contribution in [2.45, 2.75) is 50.1 Å². The average molecular weight is 403 g/mol. The van der Waals surface area contributed by atoms with E-state index in [4.69, 9.17) is 9.66 Å². The van der Waals surface area contributed by atoms with Crippen LogP contribution in [0, 0.1) is 6.66 Å². The number of amides is 1. The number of rotatable bonds is 9. The predicted molar refractivity (Wildman–Crippen MR) is 103 cm³/mol. The molecular weight excluding hydrogens is 375 g/mol. The maximum absolute atomic E-state index is 12.2. The first-order chi connectivity index (χ1) is 11.8. The standard InChI is InChI=1S/C17H28N2O5PS/c1-17(2,3)25(4,21)24-13-7-5-6-12-19-16(20)14-8-10-15(11-9-14)26(18,22)23/h8-11H,4-7,12-13H2,1-3H3,(H,19,20)(H2,18,22,23)/q-1. The molecule has 1 atom stereocenters. The van der Waals surface area contributed by atoms with Gasteiger partial charge >= 0.3 is 0 Å². The van der Waals surface area contributed by atoms with Gasteiger partial charge in [-0.05, 0) is 43.5 Å². The number of nitrogens with two attached hydrogens (primary N) is 1. The summed E-state index contributed by atoms with van der Waals surface area (Å²) >= 11 is 0. The van der Waals surface area contributed by atoms with Crippen molar-refractivity contribution in [3.8, 4) is 0 Å². The zero-order valence-corrected chi connectivity index (χ0v) is 17.2. The largest absolute Gasteiger partial charge is 0.352 e. The smallest absolute Gasteiger partial charge is 0.251 e. The number of sulfonamides is 1. The Kier molecular flexibility index (Phi) is 8.02. The van der Waals surface area contributed by atoms with Gasteiger partial charge < -0.3 is 14.4 Å². The second-order valence-corrected chi connectivity index (χ2v) is 11.6. The van der Waals surface area contributed by atoms with Gasteiger partial charge in [0.05, 0.1) is 18.9 Å². The first-order valence-electron chi connectivity index (χ1n) is 8.35. The third kappa shape index (κ3) is 7.19. The van der Waals surface area contributed by atoms with Gasteiger partial charge in [-0.15, -0.1) is 0 Å². The van der Waals surface area contributed by atoms with Crippen LogP contribution in [0.2, 0.25) is 0 Å². The molecular formula is C17H28N2O5PS-. The van der Waals surface area contributed by atoms with Crippen LogP contribution in [0.4, 0.5) is 0 Å². The Hall–Kier alpha value is -1.21. The summed E-state index contributed by atoms with van der Waals surface area (Å²) in [6, 6.07) is 5.43. The Morgan fingerprint density at radius 1 is 1.19 bits per heavy atom. The Balaban J connectivity index is 2.28. The lowest BCUT2D eigenvalue weighted by atomic mass is 10.2. The molecule has 0 spiro atoms. The van der Waals surface area contributed by atoms with Crippen LogP contribution >= 0.6 is 7.37 Å². The van der Waals surface area contributed by atoms with E-state index in [0.29, 0.717) is 18.7 Å². The summed E-state index contributed by atoms with van der Waals surface area (Å²) in [5.74, 6) is -0.280. The van der Waals surface area contributed by atoms with Crippen LogP contribution in [0.3, 0.4) is 0 Å². The molecule has 0 heterocycles. The van der Waals surface area contributed by atoms with Crippen molar-refractivity contribution in [2.75, 3.05) is 13.2 Å². The molecule has 1 rings (SSSR count). The molecule has 0 aliphatic heterocycles. The summed E-state index contributed by atoms with van der Waals surface area (Å²) in [7, 11) is -6.64. The maximum atomic E-state index is 12.2. The summed E-state index contributed by atoms with van der Waals surface area (Å²) in [5, 5.41) is 7.30. The van der Waals surface area contributed by atoms with Crippen molar-refractivity contribution in [2.24, 2.45) is 5.14 Å². The van der Waals surface area contributed by atoms with Crippen molar-refractivity contribution in [3.05, 3.63) is 36.5 Å². The van der Waals surface area contributed by atoms with Crippen LogP contribution in [0.5, 0.6) is 0 Å². The highest BCUT2D eigenvalue weighted by molar-refractivity contribution is 7.89. The van der Waals surface area contributed by atoms with Crippen molar-refractivity contribution >= 4 is 23.3 Å². The third-order valence-corrected chi connectivity index (χ3v) is 7.45. The molecule has 1 aromatic rings. The number of hydrogen-bond donors (Lipinski definition) is 2. The number of benzene rings is 1. The number of primary sulfonamides is 1. The Bertz CT molecular complexity index is 754. The molecule has 1 aromatic carbocycles. The Labute approximate surface area is 156 Å². The van der Waals surface area contributed by atoms with Crippen LogP contribution in [-0.2, 0) is 19.1 Å². The van der Waals surface area contributed by atoms with E-state index in [1.165, 1.54) is 24.3 Å². The highest BCUT2D eigenvalue weighted by Gasteiger charge is 2.25. The molecule has 1 amide bonds. The van der Waals surface area contributed by atoms with Gasteiger partial charge in [0.1, 0.15) is 0 Å². The fraction of sp³-hybridized carbons (Fsp3) is 0.529. The number of nitrogens with one attached hydrogen (secondary N) is 1. The topological polar surface area (TPSA) is 116 Å². The average Bonchev–Trinajstić information content (AvgIpc) is 2.52. The fourth-order valence-corrected chi connectivity index (χ4v) is 3.24. The molecule has 0 aliphatic carbocycles. The first-order valence-corrected chi connectivity index (χ1v) is 11.7. The predicted octanol–water partition coefficient (Wildman–Crippen LogP) is 3.12. The van der Waals surface area contributed by atoms with Gasteiger partial charge in [0, 0.05) is 17.3 Å². The van der Waals surface area contributed by atoms with E-state index in [-0.39, 0.29) is 10.8 Å². The van der Waals surface area contributed by atoms with Gasteiger partial charge in [-0.1, -0.05) is 20.8 Å². The molecule has 0 bridgehead atoms. The number of carbonyl (C=O) groups is 1. The lowest BCUT2D eigenvalue weighted by Gasteiger charge is -2.33. The van der Waals surface area contributed by atoms with Crippen LogP contribution in [0.25, 0.3) is 0 Å². The molecule has 0 aromatic heterocycles. The highest BCUT2D eigenvalue weighted by atomic mass is 32.2. The number of unbranched alkanes of at least 4 members (excludes halogenated alkanes) is 2. The quantitative estimate of drug-likeness (QED) is 0.373. The minimum absolute atomic E-state index is 0.0352. The van der Waals surface area contributed by atoms with Gasteiger partial charge in [0.25, 0.3) is 5.91 Å².